The summed E-state index contributed by atoms with van der Waals surface area (Å²) in [4.78, 5) is 29.5. The molecular weight excluding hydrogens is 494 g/mol. The normalized spacial score (nSPS) is 15.3. The Labute approximate surface area is 228 Å². The molecule has 39 heavy (non-hydrogen) atoms. The van der Waals surface area contributed by atoms with Gasteiger partial charge in [0, 0.05) is 37.6 Å². The first-order chi connectivity index (χ1) is 18.7. The summed E-state index contributed by atoms with van der Waals surface area (Å²) in [6, 6.07) is 22.8. The van der Waals surface area contributed by atoms with Crippen molar-refractivity contribution in [2.45, 2.75) is 38.8 Å². The number of nitrogens with zero attached hydrogens (tertiary/aromatic N) is 4. The van der Waals surface area contributed by atoms with E-state index in [0.29, 0.717) is 23.7 Å². The number of rotatable bonds is 6. The van der Waals surface area contributed by atoms with Crippen LogP contribution in [0.15, 0.2) is 83.5 Å². The molecule has 2 aromatic heterocycles. The van der Waals surface area contributed by atoms with E-state index in [2.05, 4.69) is 15.3 Å². The Balaban J connectivity index is 1.25. The molecule has 5 rings (SSSR count). The molecule has 1 atom stereocenters. The van der Waals surface area contributed by atoms with Crippen LogP contribution in [0, 0.1) is 0 Å². The Kier molecular flexibility index (Phi) is 7.15. The lowest BCUT2D eigenvalue weighted by Gasteiger charge is -2.28. The van der Waals surface area contributed by atoms with Crippen molar-refractivity contribution in [3.8, 4) is 17.1 Å². The molecule has 1 aliphatic heterocycles. The van der Waals surface area contributed by atoms with Crippen LogP contribution in [0.4, 0.5) is 16.2 Å². The number of anilines is 2. The van der Waals surface area contributed by atoms with Gasteiger partial charge in [-0.15, -0.1) is 0 Å². The van der Waals surface area contributed by atoms with Crippen LogP contribution < -0.4 is 10.2 Å². The predicted molar refractivity (Wildman–Crippen MR) is 150 cm³/mol. The van der Waals surface area contributed by atoms with Gasteiger partial charge in [0.1, 0.15) is 11.3 Å². The Bertz CT molecular complexity index is 1420. The maximum atomic E-state index is 13.1. The molecule has 0 saturated carbocycles. The number of likely N-dealkylation sites (N-methyl/N-ethyl adjacent to an activating group) is 1. The zero-order valence-electron chi connectivity index (χ0n) is 22.6. The van der Waals surface area contributed by atoms with Gasteiger partial charge in [-0.05, 0) is 75.7 Å². The quantitative estimate of drug-likeness (QED) is 0.339. The van der Waals surface area contributed by atoms with Gasteiger partial charge in [0.05, 0.1) is 18.0 Å². The summed E-state index contributed by atoms with van der Waals surface area (Å²) in [6.45, 7) is 7.15. The van der Waals surface area contributed by atoms with Crippen molar-refractivity contribution in [1.82, 2.24) is 14.7 Å². The molecule has 2 aromatic carbocycles. The van der Waals surface area contributed by atoms with Gasteiger partial charge in [0.2, 0.25) is 0 Å². The second-order valence-electron chi connectivity index (χ2n) is 10.6. The fourth-order valence-electron chi connectivity index (χ4n) is 4.58. The van der Waals surface area contributed by atoms with Crippen molar-refractivity contribution in [2.75, 3.05) is 30.4 Å². The van der Waals surface area contributed by atoms with Crippen LogP contribution in [0.1, 0.15) is 37.7 Å². The molecule has 4 aromatic rings. The van der Waals surface area contributed by atoms with E-state index in [0.717, 1.165) is 24.3 Å². The zero-order valence-corrected chi connectivity index (χ0v) is 22.6. The summed E-state index contributed by atoms with van der Waals surface area (Å²) >= 11 is 0. The summed E-state index contributed by atoms with van der Waals surface area (Å²) < 4.78 is 12.8. The van der Waals surface area contributed by atoms with Crippen LogP contribution >= 0.6 is 0 Å². The average Bonchev–Trinajstić information content (AvgIpc) is 3.69. The molecular formula is C30H33N5O4. The van der Waals surface area contributed by atoms with Crippen LogP contribution in [0.5, 0.6) is 0 Å². The van der Waals surface area contributed by atoms with Gasteiger partial charge >= 0.3 is 6.09 Å². The van der Waals surface area contributed by atoms with Gasteiger partial charge in [0.15, 0.2) is 11.5 Å². The number of hydrogen-bond acceptors (Lipinski definition) is 6. The van der Waals surface area contributed by atoms with E-state index < -0.39 is 5.60 Å². The molecule has 9 heteroatoms. The molecule has 9 nitrogen and oxygen atoms in total. The number of para-hydroxylation sites is 1. The summed E-state index contributed by atoms with van der Waals surface area (Å²) in [5.41, 5.74) is 2.96. The van der Waals surface area contributed by atoms with Crippen LogP contribution in [0.2, 0.25) is 0 Å². The molecule has 2 amide bonds. The maximum Gasteiger partial charge on any atom is 0.410 e. The van der Waals surface area contributed by atoms with E-state index in [1.807, 2.05) is 81.4 Å². The third-order valence-electron chi connectivity index (χ3n) is 6.60. The van der Waals surface area contributed by atoms with E-state index in [4.69, 9.17) is 9.15 Å². The first-order valence-electron chi connectivity index (χ1n) is 13.0. The van der Waals surface area contributed by atoms with E-state index in [1.54, 1.807) is 35.0 Å². The standard InChI is InChI=1S/C30H33N5O4/c1-30(2,3)39-29(37)33(4)24-16-17-34(20-24)22-14-12-21(13-15-22)31-28(36)25-19-26(27-11-8-18-38-27)35(32-25)23-9-6-5-7-10-23/h5-15,18-19,24H,16-17,20H2,1-4H3,(H,31,36). The average molecular weight is 528 g/mol. The molecule has 1 fully saturated rings. The van der Waals surface area contributed by atoms with Crippen LogP contribution in [0.25, 0.3) is 17.1 Å². The molecule has 0 aliphatic carbocycles. The topological polar surface area (TPSA) is 92.8 Å². The molecule has 1 aliphatic rings. The van der Waals surface area contributed by atoms with Gasteiger partial charge in [-0.2, -0.15) is 5.10 Å². The number of nitrogens with one attached hydrogen (secondary N) is 1. The second kappa shape index (κ2) is 10.7. The predicted octanol–water partition coefficient (Wildman–Crippen LogP) is 5.83. The molecule has 3 heterocycles. The highest BCUT2D eigenvalue weighted by molar-refractivity contribution is 6.03. The van der Waals surface area contributed by atoms with Crippen molar-refractivity contribution in [3.05, 3.63) is 84.8 Å². The number of amides is 2. The third-order valence-corrected chi connectivity index (χ3v) is 6.60. The lowest BCUT2D eigenvalue weighted by molar-refractivity contribution is 0.0237. The lowest BCUT2D eigenvalue weighted by Crippen LogP contribution is -2.42. The highest BCUT2D eigenvalue weighted by Gasteiger charge is 2.31. The Morgan fingerprint density at radius 3 is 2.44 bits per heavy atom. The minimum absolute atomic E-state index is 0.0716. The maximum absolute atomic E-state index is 13.1. The van der Waals surface area contributed by atoms with Crippen LogP contribution in [0.3, 0.4) is 0 Å². The van der Waals surface area contributed by atoms with Crippen LogP contribution in [-0.2, 0) is 4.74 Å². The van der Waals surface area contributed by atoms with E-state index in [-0.39, 0.29) is 23.7 Å². The molecule has 202 valence electrons. The van der Waals surface area contributed by atoms with Gasteiger partial charge < -0.3 is 24.3 Å². The van der Waals surface area contributed by atoms with Crippen molar-refractivity contribution < 1.29 is 18.7 Å². The fourth-order valence-corrected chi connectivity index (χ4v) is 4.58. The molecule has 0 spiro atoms. The van der Waals surface area contributed by atoms with Crippen molar-refractivity contribution in [1.29, 1.82) is 0 Å². The number of hydrogen-bond donors (Lipinski definition) is 1. The van der Waals surface area contributed by atoms with Gasteiger partial charge in [0.25, 0.3) is 5.91 Å². The third kappa shape index (κ3) is 5.98. The van der Waals surface area contributed by atoms with Crippen molar-refractivity contribution in [3.63, 3.8) is 0 Å². The van der Waals surface area contributed by atoms with Gasteiger partial charge in [-0.1, -0.05) is 18.2 Å². The highest BCUT2D eigenvalue weighted by atomic mass is 16.6. The van der Waals surface area contributed by atoms with Gasteiger partial charge in [-0.3, -0.25) is 4.79 Å². The highest BCUT2D eigenvalue weighted by Crippen LogP contribution is 2.27. The number of aromatic nitrogens is 2. The Morgan fingerprint density at radius 2 is 1.77 bits per heavy atom. The molecule has 1 unspecified atom stereocenters. The molecule has 0 bridgehead atoms. The summed E-state index contributed by atoms with van der Waals surface area (Å²) in [5, 5.41) is 7.51. The minimum Gasteiger partial charge on any atom is -0.463 e. The largest absolute Gasteiger partial charge is 0.463 e. The molecule has 1 N–H and O–H groups in total. The Morgan fingerprint density at radius 1 is 1.03 bits per heavy atom. The van der Waals surface area contributed by atoms with E-state index in [1.165, 1.54) is 0 Å². The minimum atomic E-state index is -0.524. The lowest BCUT2D eigenvalue weighted by atomic mass is 10.2. The summed E-state index contributed by atoms with van der Waals surface area (Å²) in [5.74, 6) is 0.307. The van der Waals surface area contributed by atoms with E-state index >= 15 is 0 Å². The van der Waals surface area contributed by atoms with Crippen LogP contribution in [-0.4, -0.2) is 58.5 Å². The van der Waals surface area contributed by atoms with E-state index in [9.17, 15) is 9.59 Å². The molecule has 0 radical (unpaired) electrons. The van der Waals surface area contributed by atoms with Crippen molar-refractivity contribution >= 4 is 23.4 Å². The van der Waals surface area contributed by atoms with Crippen molar-refractivity contribution in [2.24, 2.45) is 0 Å². The monoisotopic (exact) mass is 527 g/mol. The number of carbonyl (C=O) groups excluding carboxylic acids is 2. The summed E-state index contributed by atoms with van der Waals surface area (Å²) in [7, 11) is 1.79. The SMILES string of the molecule is CN(C(=O)OC(C)(C)C)C1CCN(c2ccc(NC(=O)c3cc(-c4ccco4)n(-c4ccccc4)n3)cc2)C1. The summed E-state index contributed by atoms with van der Waals surface area (Å²) in [6.07, 6.45) is 2.14. The second-order valence-corrected chi connectivity index (χ2v) is 10.6. The number of benzene rings is 2. The smallest absolute Gasteiger partial charge is 0.410 e. The Hall–Kier alpha value is -4.53. The first kappa shape index (κ1) is 26.1. The number of carbonyl (C=O) groups is 2. The number of furan rings is 1. The number of ether oxygens (including phenoxy) is 1. The fraction of sp³-hybridized carbons (Fsp3) is 0.300. The first-order valence-corrected chi connectivity index (χ1v) is 13.0. The van der Waals surface area contributed by atoms with Gasteiger partial charge in [-0.25, -0.2) is 9.48 Å². The molecule has 1 saturated heterocycles. The zero-order chi connectivity index (χ0) is 27.6.